The van der Waals surface area contributed by atoms with Crippen LogP contribution in [-0.2, 0) is 0 Å². The summed E-state index contributed by atoms with van der Waals surface area (Å²) in [5, 5.41) is 23.0. The molecule has 6 heteroatoms. The van der Waals surface area contributed by atoms with Gasteiger partial charge in [0.1, 0.15) is 11.5 Å². The van der Waals surface area contributed by atoms with E-state index in [1.807, 2.05) is 6.92 Å². The van der Waals surface area contributed by atoms with Crippen molar-refractivity contribution in [1.82, 2.24) is 4.98 Å². The van der Waals surface area contributed by atoms with Gasteiger partial charge >= 0.3 is 0 Å². The number of nitro groups is 1. The van der Waals surface area contributed by atoms with Crippen LogP contribution in [0.4, 0.5) is 11.5 Å². The molecular weight excluding hydrogens is 222 g/mol. The predicted molar refractivity (Wildman–Crippen MR) is 65.0 cm³/mol. The van der Waals surface area contributed by atoms with Gasteiger partial charge in [0.25, 0.3) is 5.69 Å². The summed E-state index contributed by atoms with van der Waals surface area (Å²) in [6.07, 6.45) is 1.03. The fourth-order valence-corrected chi connectivity index (χ4v) is 1.42. The Kier molecular flexibility index (Phi) is 4.84. The number of hydrogen-bond acceptors (Lipinski definition) is 5. The van der Waals surface area contributed by atoms with E-state index < -0.39 is 4.92 Å². The third kappa shape index (κ3) is 3.99. The van der Waals surface area contributed by atoms with Crippen molar-refractivity contribution < 1.29 is 10.0 Å². The van der Waals surface area contributed by atoms with Crippen LogP contribution in [0.1, 0.15) is 25.5 Å². The van der Waals surface area contributed by atoms with E-state index in [2.05, 4.69) is 10.3 Å². The van der Waals surface area contributed by atoms with E-state index in [-0.39, 0.29) is 11.8 Å². The number of aryl methyl sites for hydroxylation is 1. The van der Waals surface area contributed by atoms with Gasteiger partial charge in [-0.3, -0.25) is 10.1 Å². The summed E-state index contributed by atoms with van der Waals surface area (Å²) in [5.41, 5.74) is 0.403. The van der Waals surface area contributed by atoms with Gasteiger partial charge < -0.3 is 10.4 Å². The third-order valence-electron chi connectivity index (χ3n) is 2.51. The number of hydrogen-bond donors (Lipinski definition) is 2. The van der Waals surface area contributed by atoms with Crippen LogP contribution in [0.2, 0.25) is 0 Å². The first-order valence-corrected chi connectivity index (χ1v) is 5.58. The van der Waals surface area contributed by atoms with Gasteiger partial charge in [0.2, 0.25) is 0 Å². The number of pyridine rings is 1. The molecule has 0 aliphatic heterocycles. The van der Waals surface area contributed by atoms with Gasteiger partial charge in [-0.25, -0.2) is 4.98 Å². The molecule has 17 heavy (non-hydrogen) atoms. The van der Waals surface area contributed by atoms with Crippen molar-refractivity contribution >= 4 is 11.5 Å². The summed E-state index contributed by atoms with van der Waals surface area (Å²) in [6, 6.07) is 3.00. The van der Waals surface area contributed by atoms with Gasteiger partial charge in [0.05, 0.1) is 11.0 Å². The largest absolute Gasteiger partial charge is 0.393 e. The summed E-state index contributed by atoms with van der Waals surface area (Å²) in [4.78, 5) is 14.2. The maximum atomic E-state index is 10.6. The van der Waals surface area contributed by atoms with Crippen LogP contribution < -0.4 is 5.32 Å². The first kappa shape index (κ1) is 13.4. The standard InChI is InChI=1S/C11H17N3O3/c1-3-9(15)6-7-12-11-5-4-10(14(16)17)8(2)13-11/h4-5,9,15H,3,6-7H2,1-2H3,(H,12,13). The molecule has 2 N–H and O–H groups in total. The maximum absolute atomic E-state index is 10.6. The first-order chi connectivity index (χ1) is 8.04. The van der Waals surface area contributed by atoms with Gasteiger partial charge in [-0.2, -0.15) is 0 Å². The molecule has 6 nitrogen and oxygen atoms in total. The fraction of sp³-hybridized carbons (Fsp3) is 0.545. The molecular formula is C11H17N3O3. The van der Waals surface area contributed by atoms with Crippen molar-refractivity contribution in [2.24, 2.45) is 0 Å². The fourth-order valence-electron chi connectivity index (χ4n) is 1.42. The number of nitrogens with zero attached hydrogens (tertiary/aromatic N) is 2. The van der Waals surface area contributed by atoms with Gasteiger partial charge in [0, 0.05) is 12.6 Å². The Hall–Kier alpha value is -1.69. The topological polar surface area (TPSA) is 88.3 Å². The molecule has 1 unspecified atom stereocenters. The zero-order valence-electron chi connectivity index (χ0n) is 10.0. The van der Waals surface area contributed by atoms with Crippen LogP contribution in [0, 0.1) is 17.0 Å². The molecule has 0 amide bonds. The third-order valence-corrected chi connectivity index (χ3v) is 2.51. The highest BCUT2D eigenvalue weighted by atomic mass is 16.6. The van der Waals surface area contributed by atoms with E-state index in [0.29, 0.717) is 30.9 Å². The quantitative estimate of drug-likeness (QED) is 0.584. The monoisotopic (exact) mass is 239 g/mol. The van der Waals surface area contributed by atoms with E-state index >= 15 is 0 Å². The van der Waals surface area contributed by atoms with E-state index in [1.54, 1.807) is 13.0 Å². The van der Waals surface area contributed by atoms with Gasteiger partial charge in [-0.1, -0.05) is 6.92 Å². The molecule has 0 bridgehead atoms. The molecule has 1 heterocycles. The molecule has 1 rings (SSSR count). The summed E-state index contributed by atoms with van der Waals surface area (Å²) < 4.78 is 0. The Labute approximate surface area is 99.8 Å². The number of anilines is 1. The SMILES string of the molecule is CCC(O)CCNc1ccc([N+](=O)[O-])c(C)n1. The van der Waals surface area contributed by atoms with Crippen LogP contribution in [0.15, 0.2) is 12.1 Å². The summed E-state index contributed by atoms with van der Waals surface area (Å²) in [7, 11) is 0. The normalized spacial score (nSPS) is 12.2. The molecule has 1 atom stereocenters. The average molecular weight is 239 g/mol. The molecule has 0 spiro atoms. The number of aromatic nitrogens is 1. The van der Waals surface area contributed by atoms with Crippen molar-refractivity contribution in [3.8, 4) is 0 Å². The minimum atomic E-state index is -0.451. The Morgan fingerprint density at radius 1 is 1.59 bits per heavy atom. The van der Waals surface area contributed by atoms with Crippen molar-refractivity contribution in [2.45, 2.75) is 32.8 Å². The van der Waals surface area contributed by atoms with Crippen molar-refractivity contribution in [3.05, 3.63) is 27.9 Å². The molecule has 0 aliphatic carbocycles. The van der Waals surface area contributed by atoms with Crippen LogP contribution >= 0.6 is 0 Å². The summed E-state index contributed by atoms with van der Waals surface area (Å²) in [5.74, 6) is 0.594. The lowest BCUT2D eigenvalue weighted by molar-refractivity contribution is -0.385. The number of rotatable bonds is 6. The number of aliphatic hydroxyl groups excluding tert-OH is 1. The number of nitrogens with one attached hydrogen (secondary N) is 1. The molecule has 1 aromatic rings. The van der Waals surface area contributed by atoms with Gasteiger partial charge in [-0.15, -0.1) is 0 Å². The lowest BCUT2D eigenvalue weighted by atomic mass is 10.2. The highest BCUT2D eigenvalue weighted by molar-refractivity contribution is 5.44. The Morgan fingerprint density at radius 2 is 2.29 bits per heavy atom. The Morgan fingerprint density at radius 3 is 2.82 bits per heavy atom. The Balaban J connectivity index is 2.56. The second-order valence-electron chi connectivity index (χ2n) is 3.84. The highest BCUT2D eigenvalue weighted by Crippen LogP contribution is 2.17. The molecule has 0 saturated carbocycles. The minimum absolute atomic E-state index is 0.0177. The van der Waals surface area contributed by atoms with E-state index in [4.69, 9.17) is 0 Å². The lowest BCUT2D eigenvalue weighted by Gasteiger charge is -2.09. The molecule has 94 valence electrons. The minimum Gasteiger partial charge on any atom is -0.393 e. The van der Waals surface area contributed by atoms with Crippen LogP contribution in [0.25, 0.3) is 0 Å². The zero-order chi connectivity index (χ0) is 12.8. The van der Waals surface area contributed by atoms with Crippen LogP contribution in [0.3, 0.4) is 0 Å². The molecule has 1 aromatic heterocycles. The van der Waals surface area contributed by atoms with Crippen molar-refractivity contribution in [1.29, 1.82) is 0 Å². The van der Waals surface area contributed by atoms with Gasteiger partial charge in [-0.05, 0) is 25.8 Å². The predicted octanol–water partition coefficient (Wildman–Crippen LogP) is 1.87. The second kappa shape index (κ2) is 6.15. The number of aliphatic hydroxyl groups is 1. The lowest BCUT2D eigenvalue weighted by Crippen LogP contribution is -2.13. The van der Waals surface area contributed by atoms with Crippen LogP contribution in [-0.4, -0.2) is 27.7 Å². The van der Waals surface area contributed by atoms with Crippen molar-refractivity contribution in [2.75, 3.05) is 11.9 Å². The molecule has 0 saturated heterocycles. The van der Waals surface area contributed by atoms with E-state index in [9.17, 15) is 15.2 Å². The smallest absolute Gasteiger partial charge is 0.290 e. The van der Waals surface area contributed by atoms with Crippen LogP contribution in [0.5, 0.6) is 0 Å². The summed E-state index contributed by atoms with van der Waals surface area (Å²) in [6.45, 7) is 4.11. The molecule has 0 aliphatic rings. The molecule has 0 fully saturated rings. The van der Waals surface area contributed by atoms with E-state index in [1.165, 1.54) is 6.07 Å². The molecule has 0 aromatic carbocycles. The average Bonchev–Trinajstić information content (AvgIpc) is 2.28. The van der Waals surface area contributed by atoms with Gasteiger partial charge in [0.15, 0.2) is 0 Å². The highest BCUT2D eigenvalue weighted by Gasteiger charge is 2.11. The second-order valence-corrected chi connectivity index (χ2v) is 3.84. The van der Waals surface area contributed by atoms with E-state index in [0.717, 1.165) is 0 Å². The first-order valence-electron chi connectivity index (χ1n) is 5.58. The molecule has 0 radical (unpaired) electrons. The zero-order valence-corrected chi connectivity index (χ0v) is 10.0. The summed E-state index contributed by atoms with van der Waals surface area (Å²) >= 11 is 0. The maximum Gasteiger partial charge on any atom is 0.290 e. The Bertz CT molecular complexity index is 396. The van der Waals surface area contributed by atoms with Crippen molar-refractivity contribution in [3.63, 3.8) is 0 Å².